The van der Waals surface area contributed by atoms with Gasteiger partial charge >= 0.3 is 0 Å². The molecule has 42 heavy (non-hydrogen) atoms. The second kappa shape index (κ2) is 14.7. The van der Waals surface area contributed by atoms with Gasteiger partial charge in [0.25, 0.3) is 5.91 Å². The average Bonchev–Trinajstić information content (AvgIpc) is 3.02. The van der Waals surface area contributed by atoms with Gasteiger partial charge in [0.15, 0.2) is 6.61 Å². The molecule has 0 spiro atoms. The number of carbonyl (C=O) groups excluding carboxylic acids is 2. The molecule has 222 valence electrons. The van der Waals surface area contributed by atoms with Crippen molar-refractivity contribution in [1.82, 2.24) is 14.5 Å². The maximum absolute atomic E-state index is 13.6. The van der Waals surface area contributed by atoms with E-state index >= 15 is 0 Å². The molecular weight excluding hydrogens is 561 g/mol. The van der Waals surface area contributed by atoms with Crippen LogP contribution in [0.4, 0.5) is 4.39 Å². The van der Waals surface area contributed by atoms with Gasteiger partial charge in [-0.1, -0.05) is 48.5 Å². The highest BCUT2D eigenvalue weighted by Crippen LogP contribution is 2.21. The Labute approximate surface area is 245 Å². The molecule has 1 fully saturated rings. The number of sulfonamides is 1. The number of amides is 2. The Kier molecular flexibility index (Phi) is 10.8. The summed E-state index contributed by atoms with van der Waals surface area (Å²) in [6.45, 7) is 4.75. The molecule has 1 N–H and O–H groups in total. The fourth-order valence-corrected chi connectivity index (χ4v) is 5.91. The first-order valence-corrected chi connectivity index (χ1v) is 15.0. The van der Waals surface area contributed by atoms with Crippen LogP contribution in [0.2, 0.25) is 0 Å². The van der Waals surface area contributed by atoms with Crippen LogP contribution >= 0.6 is 0 Å². The molecule has 0 saturated carbocycles. The number of nitrogens with one attached hydrogen (secondary N) is 1. The summed E-state index contributed by atoms with van der Waals surface area (Å²) in [5.41, 5.74) is 1.49. The Bertz CT molecular complexity index is 1440. The molecule has 0 aromatic heterocycles. The number of carbonyl (C=O) groups is 2. The lowest BCUT2D eigenvalue weighted by molar-refractivity contribution is -0.142. The Morgan fingerprint density at radius 3 is 2.31 bits per heavy atom. The molecule has 1 heterocycles. The lowest BCUT2D eigenvalue weighted by atomic mass is 10.0. The maximum atomic E-state index is 13.6. The third-order valence-electron chi connectivity index (χ3n) is 6.75. The van der Waals surface area contributed by atoms with Crippen LogP contribution < -0.4 is 10.1 Å². The van der Waals surface area contributed by atoms with E-state index in [1.165, 1.54) is 45.6 Å². The van der Waals surface area contributed by atoms with E-state index in [9.17, 15) is 22.4 Å². The highest BCUT2D eigenvalue weighted by molar-refractivity contribution is 7.89. The molecule has 2 amide bonds. The second-order valence-corrected chi connectivity index (χ2v) is 11.6. The van der Waals surface area contributed by atoms with Gasteiger partial charge in [-0.15, -0.1) is 6.58 Å². The number of benzene rings is 3. The first-order valence-electron chi connectivity index (χ1n) is 13.5. The minimum absolute atomic E-state index is 0.0399. The summed E-state index contributed by atoms with van der Waals surface area (Å²) in [5, 5.41) is 2.78. The largest absolute Gasteiger partial charge is 0.484 e. The van der Waals surface area contributed by atoms with Crippen LogP contribution in [0.5, 0.6) is 5.75 Å². The topological polar surface area (TPSA) is 105 Å². The van der Waals surface area contributed by atoms with E-state index in [0.29, 0.717) is 24.5 Å². The van der Waals surface area contributed by atoms with Gasteiger partial charge in [0.1, 0.15) is 17.6 Å². The minimum Gasteiger partial charge on any atom is -0.484 e. The SMILES string of the molecule is C=CCNC(=O)[C@@H](Cc1ccccc1)N(Cc1ccc(F)cc1)C(=O)COc1ccc(S(=O)(=O)N2CCOCC2)cc1. The number of nitrogens with zero attached hydrogens (tertiary/aromatic N) is 2. The third-order valence-corrected chi connectivity index (χ3v) is 8.66. The van der Waals surface area contributed by atoms with Crippen molar-refractivity contribution in [2.45, 2.75) is 23.9 Å². The van der Waals surface area contributed by atoms with Crippen LogP contribution in [0.3, 0.4) is 0 Å². The van der Waals surface area contributed by atoms with E-state index in [4.69, 9.17) is 9.47 Å². The Morgan fingerprint density at radius 1 is 1.00 bits per heavy atom. The molecule has 1 aliphatic heterocycles. The Hall–Kier alpha value is -4.06. The molecular formula is C31H34FN3O6S. The van der Waals surface area contributed by atoms with Crippen molar-refractivity contribution in [3.8, 4) is 5.75 Å². The van der Waals surface area contributed by atoms with Gasteiger partial charge in [-0.2, -0.15) is 4.31 Å². The zero-order valence-corrected chi connectivity index (χ0v) is 24.0. The van der Waals surface area contributed by atoms with Crippen LogP contribution in [-0.2, 0) is 37.3 Å². The lowest BCUT2D eigenvalue weighted by Crippen LogP contribution is -2.51. The van der Waals surface area contributed by atoms with Crippen molar-refractivity contribution < 1.29 is 31.9 Å². The van der Waals surface area contributed by atoms with Crippen LogP contribution in [0, 0.1) is 5.82 Å². The zero-order valence-electron chi connectivity index (χ0n) is 23.2. The highest BCUT2D eigenvalue weighted by Gasteiger charge is 2.31. The molecule has 1 aliphatic rings. The molecule has 11 heteroatoms. The molecule has 1 atom stereocenters. The van der Waals surface area contributed by atoms with Crippen LogP contribution in [0.25, 0.3) is 0 Å². The van der Waals surface area contributed by atoms with E-state index in [-0.39, 0.29) is 43.4 Å². The predicted molar refractivity (Wildman–Crippen MR) is 156 cm³/mol. The molecule has 1 saturated heterocycles. The number of ether oxygens (including phenoxy) is 2. The van der Waals surface area contributed by atoms with Crippen molar-refractivity contribution in [3.63, 3.8) is 0 Å². The summed E-state index contributed by atoms with van der Waals surface area (Å²) < 4.78 is 51.8. The summed E-state index contributed by atoms with van der Waals surface area (Å²) in [6.07, 6.45) is 1.79. The Balaban J connectivity index is 1.53. The van der Waals surface area contributed by atoms with E-state index in [1.807, 2.05) is 30.3 Å². The van der Waals surface area contributed by atoms with Crippen LogP contribution in [0.15, 0.2) is 96.4 Å². The number of hydrogen-bond acceptors (Lipinski definition) is 6. The molecule has 9 nitrogen and oxygen atoms in total. The smallest absolute Gasteiger partial charge is 0.261 e. The van der Waals surface area contributed by atoms with Gasteiger partial charge in [0.05, 0.1) is 18.1 Å². The molecule has 0 radical (unpaired) electrons. The molecule has 3 aromatic carbocycles. The van der Waals surface area contributed by atoms with E-state index in [2.05, 4.69) is 11.9 Å². The van der Waals surface area contributed by atoms with Crippen molar-refractivity contribution in [3.05, 3.63) is 108 Å². The van der Waals surface area contributed by atoms with Crippen molar-refractivity contribution >= 4 is 21.8 Å². The van der Waals surface area contributed by atoms with Crippen molar-refractivity contribution in [2.75, 3.05) is 39.5 Å². The fraction of sp³-hybridized carbons (Fsp3) is 0.290. The number of morpholine rings is 1. The number of hydrogen-bond donors (Lipinski definition) is 1. The maximum Gasteiger partial charge on any atom is 0.261 e. The lowest BCUT2D eigenvalue weighted by Gasteiger charge is -2.31. The normalized spacial score (nSPS) is 14.5. The molecule has 0 aliphatic carbocycles. The van der Waals surface area contributed by atoms with Gasteiger partial charge in [0.2, 0.25) is 15.9 Å². The summed E-state index contributed by atoms with van der Waals surface area (Å²) >= 11 is 0. The molecule has 3 aromatic rings. The summed E-state index contributed by atoms with van der Waals surface area (Å²) in [5.74, 6) is -0.962. The Morgan fingerprint density at radius 2 is 1.67 bits per heavy atom. The fourth-order valence-electron chi connectivity index (χ4n) is 4.50. The monoisotopic (exact) mass is 595 g/mol. The average molecular weight is 596 g/mol. The molecule has 4 rings (SSSR count). The first kappa shape index (κ1) is 30.9. The van der Waals surface area contributed by atoms with Crippen molar-refractivity contribution in [1.29, 1.82) is 0 Å². The second-order valence-electron chi connectivity index (χ2n) is 9.66. The van der Waals surface area contributed by atoms with Gasteiger partial charge in [-0.3, -0.25) is 9.59 Å². The van der Waals surface area contributed by atoms with Crippen molar-refractivity contribution in [2.24, 2.45) is 0 Å². The zero-order chi connectivity index (χ0) is 30.0. The quantitative estimate of drug-likeness (QED) is 0.305. The van der Waals surface area contributed by atoms with Crippen LogP contribution in [-0.4, -0.2) is 74.9 Å². The van der Waals surface area contributed by atoms with Gasteiger partial charge < -0.3 is 19.7 Å². The van der Waals surface area contributed by atoms with Gasteiger partial charge in [0, 0.05) is 32.6 Å². The van der Waals surface area contributed by atoms with E-state index in [1.54, 1.807) is 18.2 Å². The van der Waals surface area contributed by atoms with E-state index < -0.39 is 34.4 Å². The van der Waals surface area contributed by atoms with Gasteiger partial charge in [-0.25, -0.2) is 12.8 Å². The first-order chi connectivity index (χ1) is 20.3. The summed E-state index contributed by atoms with van der Waals surface area (Å²) in [7, 11) is -3.67. The van der Waals surface area contributed by atoms with Gasteiger partial charge in [-0.05, 0) is 47.5 Å². The predicted octanol–water partition coefficient (Wildman–Crippen LogP) is 3.17. The molecule has 0 bridgehead atoms. The number of rotatable bonds is 13. The highest BCUT2D eigenvalue weighted by atomic mass is 32.2. The molecule has 0 unspecified atom stereocenters. The minimum atomic E-state index is -3.67. The number of halogens is 1. The summed E-state index contributed by atoms with van der Waals surface area (Å²) in [6, 6.07) is 20.0. The standard InChI is InChI=1S/C31H34FN3O6S/c1-2-16-33-31(37)29(21-24-6-4-3-5-7-24)35(22-25-8-10-26(32)11-9-25)30(36)23-41-27-12-14-28(15-13-27)42(38,39)34-17-19-40-20-18-34/h2-15,29H,1,16-23H2,(H,33,37)/t29-/m1/s1. The summed E-state index contributed by atoms with van der Waals surface area (Å²) in [4.78, 5) is 28.5. The third kappa shape index (κ3) is 8.25. The van der Waals surface area contributed by atoms with E-state index in [0.717, 1.165) is 5.56 Å². The van der Waals surface area contributed by atoms with Crippen LogP contribution in [0.1, 0.15) is 11.1 Å².